The number of benzene rings is 7. The van der Waals surface area contributed by atoms with Crippen LogP contribution in [0.1, 0.15) is 12.5 Å². The molecule has 2 nitrogen and oxygen atoms in total. The van der Waals surface area contributed by atoms with Crippen LogP contribution in [0.3, 0.4) is 0 Å². The van der Waals surface area contributed by atoms with Crippen molar-refractivity contribution in [3.05, 3.63) is 169 Å². The molecule has 0 bridgehead atoms. The summed E-state index contributed by atoms with van der Waals surface area (Å²) in [6, 6.07) is 49.7. The summed E-state index contributed by atoms with van der Waals surface area (Å²) in [6.07, 6.45) is 0.621. The molecule has 0 N–H and O–H groups in total. The van der Waals surface area contributed by atoms with Crippen LogP contribution in [0.2, 0.25) is 0 Å². The lowest BCUT2D eigenvalue weighted by atomic mass is 9.86. The molecule has 0 saturated carbocycles. The first kappa shape index (κ1) is 30.7. The summed E-state index contributed by atoms with van der Waals surface area (Å²) in [7, 11) is 0. The smallest absolute Gasteiger partial charge is 0.123 e. The number of halogens is 2. The van der Waals surface area contributed by atoms with Crippen LogP contribution in [0.15, 0.2) is 171 Å². The Bertz CT molecular complexity index is 2190. The van der Waals surface area contributed by atoms with Crippen LogP contribution in [0.4, 0.5) is 42.9 Å². The number of anilines is 6. The lowest BCUT2D eigenvalue weighted by Gasteiger charge is -2.39. The second-order valence-corrected chi connectivity index (χ2v) is 14.4. The van der Waals surface area contributed by atoms with Gasteiger partial charge >= 0.3 is 0 Å². The van der Waals surface area contributed by atoms with Gasteiger partial charge in [0.05, 0.1) is 34.1 Å². The summed E-state index contributed by atoms with van der Waals surface area (Å²) >= 11 is 3.51. The maximum Gasteiger partial charge on any atom is 0.123 e. The Morgan fingerprint density at radius 3 is 1.12 bits per heavy atom. The van der Waals surface area contributed by atoms with Gasteiger partial charge in [-0.3, -0.25) is 0 Å². The molecule has 2 aliphatic rings. The number of hydrogen-bond donors (Lipinski definition) is 0. The minimum absolute atomic E-state index is 0.308. The number of fused-ring (bicyclic) bond motifs is 4. The molecule has 0 saturated heterocycles. The third-order valence-electron chi connectivity index (χ3n) is 9.32. The first-order valence-electron chi connectivity index (χ1n) is 16.6. The standard InChI is InChI=1S/C44H30F2N2S2/c1-2-32-43(28-13-11-15-30(45)25-28)37(47-33-17-3-7-21-39(33)49-40-22-8-4-18-34(40)47)27-38(44(32)29-14-12-16-31(46)26-29)48-35-19-5-9-23-41(35)50-42-24-10-6-20-36(42)48/h3-27H,2H2,1H3. The lowest BCUT2D eigenvalue weighted by Crippen LogP contribution is -2.20. The molecular weight excluding hydrogens is 659 g/mol. The highest BCUT2D eigenvalue weighted by Crippen LogP contribution is 2.59. The van der Waals surface area contributed by atoms with Crippen LogP contribution in [0.5, 0.6) is 0 Å². The minimum Gasteiger partial charge on any atom is -0.308 e. The fourth-order valence-electron chi connectivity index (χ4n) is 7.27. The van der Waals surface area contributed by atoms with Crippen LogP contribution in [-0.2, 0) is 6.42 Å². The summed E-state index contributed by atoms with van der Waals surface area (Å²) < 4.78 is 30.5. The normalized spacial score (nSPS) is 12.9. The topological polar surface area (TPSA) is 6.48 Å². The first-order valence-corrected chi connectivity index (χ1v) is 18.3. The Morgan fingerprint density at radius 1 is 0.420 bits per heavy atom. The fourth-order valence-corrected chi connectivity index (χ4v) is 9.39. The van der Waals surface area contributed by atoms with E-state index in [1.165, 1.54) is 12.1 Å². The Hall–Kier alpha value is -5.30. The molecule has 0 radical (unpaired) electrons. The molecule has 2 aliphatic heterocycles. The summed E-state index contributed by atoms with van der Waals surface area (Å²) in [6.45, 7) is 2.14. The zero-order chi connectivity index (χ0) is 33.8. The van der Waals surface area contributed by atoms with Gasteiger partial charge in [-0.1, -0.05) is 103 Å². The highest BCUT2D eigenvalue weighted by atomic mass is 32.2. The molecule has 7 aromatic carbocycles. The summed E-state index contributed by atoms with van der Waals surface area (Å²) in [4.78, 5) is 9.20. The number of para-hydroxylation sites is 4. The van der Waals surface area contributed by atoms with Gasteiger partial charge in [-0.15, -0.1) is 0 Å². The molecular formula is C44H30F2N2S2. The Balaban J connectivity index is 1.47. The molecule has 0 aliphatic carbocycles. The molecule has 9 rings (SSSR count). The van der Waals surface area contributed by atoms with E-state index in [-0.39, 0.29) is 11.6 Å². The third-order valence-corrected chi connectivity index (χ3v) is 11.6. The van der Waals surface area contributed by atoms with Gasteiger partial charge in [-0.2, -0.15) is 0 Å². The maximum absolute atomic E-state index is 15.2. The molecule has 0 unspecified atom stereocenters. The summed E-state index contributed by atoms with van der Waals surface area (Å²) in [5.74, 6) is -0.615. The summed E-state index contributed by atoms with van der Waals surface area (Å²) in [5, 5.41) is 0. The average molecular weight is 689 g/mol. The van der Waals surface area contributed by atoms with Gasteiger partial charge in [0, 0.05) is 30.7 Å². The quantitative estimate of drug-likeness (QED) is 0.177. The molecule has 6 heteroatoms. The number of nitrogens with zero attached hydrogens (tertiary/aromatic N) is 2. The number of hydrogen-bond acceptors (Lipinski definition) is 4. The highest BCUT2D eigenvalue weighted by molar-refractivity contribution is 8.00. The highest BCUT2D eigenvalue weighted by Gasteiger charge is 2.33. The molecule has 2 heterocycles. The molecule has 0 aromatic heterocycles. The monoisotopic (exact) mass is 688 g/mol. The van der Waals surface area contributed by atoms with E-state index in [2.05, 4.69) is 120 Å². The van der Waals surface area contributed by atoms with E-state index in [0.717, 1.165) is 81.5 Å². The van der Waals surface area contributed by atoms with Crippen molar-refractivity contribution >= 4 is 57.6 Å². The van der Waals surface area contributed by atoms with Crippen molar-refractivity contribution in [2.24, 2.45) is 0 Å². The van der Waals surface area contributed by atoms with Crippen LogP contribution in [-0.4, -0.2) is 0 Å². The molecule has 0 spiro atoms. The predicted molar refractivity (Wildman–Crippen MR) is 204 cm³/mol. The van der Waals surface area contributed by atoms with Crippen molar-refractivity contribution in [1.82, 2.24) is 0 Å². The van der Waals surface area contributed by atoms with E-state index in [9.17, 15) is 0 Å². The van der Waals surface area contributed by atoms with Crippen molar-refractivity contribution < 1.29 is 8.78 Å². The zero-order valence-corrected chi connectivity index (χ0v) is 28.7. The zero-order valence-electron chi connectivity index (χ0n) is 27.1. The van der Waals surface area contributed by atoms with Crippen LogP contribution in [0.25, 0.3) is 22.3 Å². The Labute approximate surface area is 299 Å². The van der Waals surface area contributed by atoms with Crippen LogP contribution >= 0.6 is 23.5 Å². The SMILES string of the molecule is CCc1c(-c2cccc(F)c2)c(N2c3ccccc3Sc3ccccc32)cc(N2c3ccccc3Sc3ccccc32)c1-c1cccc(F)c1. The van der Waals surface area contributed by atoms with Gasteiger partial charge in [0.15, 0.2) is 0 Å². The van der Waals surface area contributed by atoms with Crippen LogP contribution < -0.4 is 9.80 Å². The van der Waals surface area contributed by atoms with Crippen molar-refractivity contribution in [3.8, 4) is 22.3 Å². The molecule has 7 aromatic rings. The first-order chi connectivity index (χ1) is 24.6. The van der Waals surface area contributed by atoms with Gasteiger partial charge < -0.3 is 9.80 Å². The molecule has 0 fully saturated rings. The second kappa shape index (κ2) is 12.5. The van der Waals surface area contributed by atoms with Crippen molar-refractivity contribution in [3.63, 3.8) is 0 Å². The largest absolute Gasteiger partial charge is 0.308 e. The Morgan fingerprint density at radius 2 is 0.780 bits per heavy atom. The minimum atomic E-state index is -0.308. The van der Waals surface area contributed by atoms with E-state index < -0.39 is 0 Å². The van der Waals surface area contributed by atoms with Gasteiger partial charge in [0.1, 0.15) is 11.6 Å². The molecule has 242 valence electrons. The lowest BCUT2D eigenvalue weighted by molar-refractivity contribution is 0.628. The third kappa shape index (κ3) is 5.10. The van der Waals surface area contributed by atoms with Crippen molar-refractivity contribution in [1.29, 1.82) is 0 Å². The van der Waals surface area contributed by atoms with Gasteiger partial charge in [0.25, 0.3) is 0 Å². The van der Waals surface area contributed by atoms with Gasteiger partial charge in [-0.25, -0.2) is 8.78 Å². The fraction of sp³-hybridized carbons (Fsp3) is 0.0455. The number of rotatable bonds is 5. The summed E-state index contributed by atoms with van der Waals surface area (Å²) in [5.41, 5.74) is 10.4. The van der Waals surface area contributed by atoms with E-state index in [1.807, 2.05) is 12.1 Å². The van der Waals surface area contributed by atoms with Gasteiger partial charge in [0.2, 0.25) is 0 Å². The molecule has 0 amide bonds. The van der Waals surface area contributed by atoms with E-state index >= 15 is 8.78 Å². The van der Waals surface area contributed by atoms with Crippen molar-refractivity contribution in [2.75, 3.05) is 9.80 Å². The van der Waals surface area contributed by atoms with E-state index in [0.29, 0.717) is 6.42 Å². The van der Waals surface area contributed by atoms with Gasteiger partial charge in [-0.05, 0) is 102 Å². The Kier molecular flexibility index (Phi) is 7.71. The van der Waals surface area contributed by atoms with Crippen molar-refractivity contribution in [2.45, 2.75) is 32.9 Å². The second-order valence-electron chi connectivity index (χ2n) is 12.3. The molecule has 50 heavy (non-hydrogen) atoms. The predicted octanol–water partition coefficient (Wildman–Crippen LogP) is 13.7. The maximum atomic E-state index is 15.2. The van der Waals surface area contributed by atoms with Crippen LogP contribution in [0, 0.1) is 11.6 Å². The van der Waals surface area contributed by atoms with E-state index in [4.69, 9.17) is 0 Å². The van der Waals surface area contributed by atoms with E-state index in [1.54, 1.807) is 47.8 Å². The molecule has 0 atom stereocenters. The average Bonchev–Trinajstić information content (AvgIpc) is 3.15.